The molecule has 5 nitrogen and oxygen atoms in total. The zero-order valence-corrected chi connectivity index (χ0v) is 8.75. The SMILES string of the molecule is CC(C#N)S(=O)(=O)N1CCC(=O)CC1. The molecule has 0 aromatic rings. The van der Waals surface area contributed by atoms with Gasteiger partial charge in [0.25, 0.3) is 0 Å². The summed E-state index contributed by atoms with van der Waals surface area (Å²) >= 11 is 0. The molecule has 1 aliphatic heterocycles. The molecule has 1 saturated heterocycles. The number of sulfonamides is 1. The number of nitriles is 1. The summed E-state index contributed by atoms with van der Waals surface area (Å²) in [6, 6.07) is 1.70. The summed E-state index contributed by atoms with van der Waals surface area (Å²) in [6.45, 7) is 1.78. The first-order valence-electron chi connectivity index (χ1n) is 4.38. The number of rotatable bonds is 2. The third-order valence-corrected chi connectivity index (χ3v) is 4.35. The van der Waals surface area contributed by atoms with Gasteiger partial charge in [-0.25, -0.2) is 8.42 Å². The Morgan fingerprint density at radius 3 is 2.36 bits per heavy atom. The van der Waals surface area contributed by atoms with E-state index in [2.05, 4.69) is 0 Å². The minimum Gasteiger partial charge on any atom is -0.300 e. The molecule has 1 rings (SSSR count). The molecule has 78 valence electrons. The zero-order valence-electron chi connectivity index (χ0n) is 7.93. The number of carbonyl (C=O) groups excluding carboxylic acids is 1. The predicted octanol–water partition coefficient (Wildman–Crippen LogP) is -0.107. The van der Waals surface area contributed by atoms with E-state index >= 15 is 0 Å². The number of piperidine rings is 1. The highest BCUT2D eigenvalue weighted by atomic mass is 32.2. The van der Waals surface area contributed by atoms with Crippen molar-refractivity contribution < 1.29 is 13.2 Å². The van der Waals surface area contributed by atoms with E-state index in [1.807, 2.05) is 0 Å². The molecule has 1 heterocycles. The highest BCUT2D eigenvalue weighted by Crippen LogP contribution is 2.14. The summed E-state index contributed by atoms with van der Waals surface area (Å²) in [4.78, 5) is 10.9. The Labute approximate surface area is 83.4 Å². The maximum absolute atomic E-state index is 11.6. The summed E-state index contributed by atoms with van der Waals surface area (Å²) in [7, 11) is -3.52. The first kappa shape index (κ1) is 11.1. The van der Waals surface area contributed by atoms with Crippen LogP contribution in [-0.4, -0.2) is 36.8 Å². The van der Waals surface area contributed by atoms with E-state index in [1.165, 1.54) is 11.2 Å². The first-order valence-corrected chi connectivity index (χ1v) is 5.89. The molecule has 0 radical (unpaired) electrons. The van der Waals surface area contributed by atoms with Gasteiger partial charge in [0.2, 0.25) is 10.0 Å². The molecule has 0 N–H and O–H groups in total. The van der Waals surface area contributed by atoms with Crippen LogP contribution in [-0.2, 0) is 14.8 Å². The van der Waals surface area contributed by atoms with Crippen molar-refractivity contribution in [2.45, 2.75) is 25.0 Å². The molecule has 1 aliphatic rings. The standard InChI is InChI=1S/C8H12N2O3S/c1-7(6-9)14(12,13)10-4-2-8(11)3-5-10/h7H,2-5H2,1H3. The van der Waals surface area contributed by atoms with Gasteiger partial charge < -0.3 is 0 Å². The van der Waals surface area contributed by atoms with Crippen LogP contribution in [0.1, 0.15) is 19.8 Å². The number of nitrogens with zero attached hydrogens (tertiary/aromatic N) is 2. The fourth-order valence-electron chi connectivity index (χ4n) is 1.28. The Kier molecular flexibility index (Phi) is 3.24. The molecule has 0 aromatic heterocycles. The van der Waals surface area contributed by atoms with Crippen LogP contribution in [0.5, 0.6) is 0 Å². The van der Waals surface area contributed by atoms with Gasteiger partial charge in [0.05, 0.1) is 6.07 Å². The number of carbonyl (C=O) groups is 1. The summed E-state index contributed by atoms with van der Waals surface area (Å²) < 4.78 is 24.5. The Balaban J connectivity index is 2.76. The van der Waals surface area contributed by atoms with Crippen LogP contribution in [0.3, 0.4) is 0 Å². The van der Waals surface area contributed by atoms with Crippen LogP contribution >= 0.6 is 0 Å². The van der Waals surface area contributed by atoms with E-state index in [1.54, 1.807) is 6.07 Å². The Morgan fingerprint density at radius 1 is 1.43 bits per heavy atom. The lowest BCUT2D eigenvalue weighted by Crippen LogP contribution is -2.42. The van der Waals surface area contributed by atoms with Crippen molar-refractivity contribution in [3.8, 4) is 6.07 Å². The van der Waals surface area contributed by atoms with Crippen molar-refractivity contribution in [3.63, 3.8) is 0 Å². The Bertz CT molecular complexity index is 359. The second kappa shape index (κ2) is 4.07. The van der Waals surface area contributed by atoms with Gasteiger partial charge in [-0.2, -0.15) is 9.57 Å². The van der Waals surface area contributed by atoms with Gasteiger partial charge in [-0.1, -0.05) is 0 Å². The third kappa shape index (κ3) is 2.11. The molecule has 1 unspecified atom stereocenters. The normalized spacial score (nSPS) is 21.6. The molecular formula is C8H12N2O3S. The smallest absolute Gasteiger partial charge is 0.230 e. The van der Waals surface area contributed by atoms with Crippen LogP contribution in [0.15, 0.2) is 0 Å². The van der Waals surface area contributed by atoms with Crippen molar-refractivity contribution in [2.24, 2.45) is 0 Å². The highest BCUT2D eigenvalue weighted by molar-refractivity contribution is 7.89. The van der Waals surface area contributed by atoms with Crippen LogP contribution in [0, 0.1) is 11.3 Å². The number of ketones is 1. The van der Waals surface area contributed by atoms with Gasteiger partial charge >= 0.3 is 0 Å². The van der Waals surface area contributed by atoms with Gasteiger partial charge in [0, 0.05) is 25.9 Å². The fraction of sp³-hybridized carbons (Fsp3) is 0.750. The quantitative estimate of drug-likeness (QED) is 0.645. The summed E-state index contributed by atoms with van der Waals surface area (Å²) in [5, 5.41) is 7.50. The number of hydrogen-bond acceptors (Lipinski definition) is 4. The number of hydrogen-bond donors (Lipinski definition) is 0. The van der Waals surface area contributed by atoms with E-state index in [-0.39, 0.29) is 31.7 Å². The highest BCUT2D eigenvalue weighted by Gasteiger charge is 2.31. The second-order valence-electron chi connectivity index (χ2n) is 3.25. The minimum atomic E-state index is -3.52. The maximum Gasteiger partial charge on any atom is 0.230 e. The molecule has 0 saturated carbocycles. The van der Waals surface area contributed by atoms with Gasteiger partial charge in [0.15, 0.2) is 5.25 Å². The summed E-state index contributed by atoms with van der Waals surface area (Å²) in [5.74, 6) is 0.0843. The van der Waals surface area contributed by atoms with Crippen molar-refractivity contribution in [2.75, 3.05) is 13.1 Å². The maximum atomic E-state index is 11.6. The van der Waals surface area contributed by atoms with Crippen LogP contribution < -0.4 is 0 Å². The molecule has 0 spiro atoms. The van der Waals surface area contributed by atoms with Crippen molar-refractivity contribution >= 4 is 15.8 Å². The van der Waals surface area contributed by atoms with Gasteiger partial charge in [-0.05, 0) is 6.92 Å². The molecule has 0 bridgehead atoms. The largest absolute Gasteiger partial charge is 0.300 e. The predicted molar refractivity (Wildman–Crippen MR) is 49.8 cm³/mol. The minimum absolute atomic E-state index is 0.0843. The van der Waals surface area contributed by atoms with Crippen molar-refractivity contribution in [1.82, 2.24) is 4.31 Å². The fourth-order valence-corrected chi connectivity index (χ4v) is 2.55. The molecule has 1 atom stereocenters. The average molecular weight is 216 g/mol. The van der Waals surface area contributed by atoms with E-state index in [0.717, 1.165) is 0 Å². The van der Waals surface area contributed by atoms with E-state index in [0.29, 0.717) is 0 Å². The van der Waals surface area contributed by atoms with Gasteiger partial charge in [-0.3, -0.25) is 4.79 Å². The van der Waals surface area contributed by atoms with E-state index in [4.69, 9.17) is 5.26 Å². The van der Waals surface area contributed by atoms with Gasteiger partial charge in [0.1, 0.15) is 5.78 Å². The average Bonchev–Trinajstić information content (AvgIpc) is 2.17. The Morgan fingerprint density at radius 2 is 1.93 bits per heavy atom. The van der Waals surface area contributed by atoms with Crippen molar-refractivity contribution in [3.05, 3.63) is 0 Å². The van der Waals surface area contributed by atoms with E-state index in [9.17, 15) is 13.2 Å². The van der Waals surface area contributed by atoms with Crippen molar-refractivity contribution in [1.29, 1.82) is 5.26 Å². The lowest BCUT2D eigenvalue weighted by molar-refractivity contribution is -0.120. The lowest BCUT2D eigenvalue weighted by atomic mass is 10.1. The lowest BCUT2D eigenvalue weighted by Gasteiger charge is -2.26. The molecule has 0 aliphatic carbocycles. The second-order valence-corrected chi connectivity index (χ2v) is 5.51. The molecular weight excluding hydrogens is 204 g/mol. The first-order chi connectivity index (χ1) is 6.48. The monoisotopic (exact) mass is 216 g/mol. The zero-order chi connectivity index (χ0) is 10.8. The van der Waals surface area contributed by atoms with E-state index < -0.39 is 15.3 Å². The summed E-state index contributed by atoms with van der Waals surface area (Å²) in [5.41, 5.74) is 0. The Hall–Kier alpha value is -0.930. The van der Waals surface area contributed by atoms with Crippen LogP contribution in [0.4, 0.5) is 0 Å². The molecule has 1 fully saturated rings. The third-order valence-electron chi connectivity index (χ3n) is 2.27. The molecule has 6 heteroatoms. The van der Waals surface area contributed by atoms with Crippen LogP contribution in [0.2, 0.25) is 0 Å². The molecule has 0 aromatic carbocycles. The molecule has 14 heavy (non-hydrogen) atoms. The van der Waals surface area contributed by atoms with Gasteiger partial charge in [-0.15, -0.1) is 0 Å². The number of Topliss-reactive ketones (excluding diaryl/α,β-unsaturated/α-hetero) is 1. The topological polar surface area (TPSA) is 78.2 Å². The van der Waals surface area contributed by atoms with Crippen LogP contribution in [0.25, 0.3) is 0 Å². The molecule has 0 amide bonds. The summed E-state index contributed by atoms with van der Waals surface area (Å²) in [6.07, 6.45) is 0.523.